The summed E-state index contributed by atoms with van der Waals surface area (Å²) in [6.07, 6.45) is 1.22. The zero-order valence-electron chi connectivity index (χ0n) is 15.8. The molecule has 1 atom stereocenters. The Bertz CT molecular complexity index is 552. The third kappa shape index (κ3) is 4.74. The van der Waals surface area contributed by atoms with Crippen LogP contribution in [0.3, 0.4) is 0 Å². The van der Waals surface area contributed by atoms with E-state index >= 15 is 0 Å². The van der Waals surface area contributed by atoms with Gasteiger partial charge >= 0.3 is 0 Å². The van der Waals surface area contributed by atoms with Gasteiger partial charge in [0.15, 0.2) is 5.96 Å². The van der Waals surface area contributed by atoms with Crippen molar-refractivity contribution >= 4 is 17.3 Å². The first-order valence-electron chi connectivity index (χ1n) is 9.49. The fraction of sp³-hybridized carbons (Fsp3) is 0.737. The Labute approximate surface area is 156 Å². The number of morpholine rings is 1. The summed E-state index contributed by atoms with van der Waals surface area (Å²) >= 11 is 1.82. The lowest BCUT2D eigenvalue weighted by Gasteiger charge is -2.32. The van der Waals surface area contributed by atoms with Gasteiger partial charge in [-0.3, -0.25) is 9.89 Å². The largest absolute Gasteiger partial charge is 0.379 e. The molecule has 2 saturated heterocycles. The highest BCUT2D eigenvalue weighted by atomic mass is 32.1. The second-order valence-electron chi connectivity index (χ2n) is 7.57. The van der Waals surface area contributed by atoms with Crippen LogP contribution in [0.2, 0.25) is 0 Å². The SMILES string of the molecule is CCNC(=NCC(C)(C)c1cccs1)N1CCC(N2CCOCC2)C1. The first-order valence-corrected chi connectivity index (χ1v) is 10.4. The molecule has 25 heavy (non-hydrogen) atoms. The highest BCUT2D eigenvalue weighted by Crippen LogP contribution is 2.28. The van der Waals surface area contributed by atoms with Crippen molar-refractivity contribution in [2.24, 2.45) is 4.99 Å². The van der Waals surface area contributed by atoms with Gasteiger partial charge in [-0.05, 0) is 24.8 Å². The summed E-state index contributed by atoms with van der Waals surface area (Å²) < 4.78 is 5.49. The Morgan fingerprint density at radius 3 is 2.84 bits per heavy atom. The molecule has 5 nitrogen and oxygen atoms in total. The molecule has 0 aliphatic carbocycles. The van der Waals surface area contributed by atoms with Gasteiger partial charge in [0.1, 0.15) is 0 Å². The molecule has 140 valence electrons. The summed E-state index contributed by atoms with van der Waals surface area (Å²) in [5.74, 6) is 1.07. The van der Waals surface area contributed by atoms with Crippen molar-refractivity contribution in [2.45, 2.75) is 38.6 Å². The number of likely N-dealkylation sites (tertiary alicyclic amines) is 1. The second-order valence-corrected chi connectivity index (χ2v) is 8.52. The molecule has 3 heterocycles. The highest BCUT2D eigenvalue weighted by molar-refractivity contribution is 7.10. The molecule has 2 aliphatic rings. The van der Waals surface area contributed by atoms with Crippen LogP contribution >= 0.6 is 11.3 Å². The molecule has 2 aliphatic heterocycles. The van der Waals surface area contributed by atoms with Crippen LogP contribution in [0.1, 0.15) is 32.1 Å². The van der Waals surface area contributed by atoms with Crippen LogP contribution in [0.15, 0.2) is 22.5 Å². The molecule has 0 bridgehead atoms. The Hall–Kier alpha value is -1.11. The monoisotopic (exact) mass is 364 g/mol. The van der Waals surface area contributed by atoms with Gasteiger partial charge in [-0.25, -0.2) is 0 Å². The smallest absolute Gasteiger partial charge is 0.193 e. The summed E-state index contributed by atoms with van der Waals surface area (Å²) in [5.41, 5.74) is 0.0815. The second kappa shape index (κ2) is 8.52. The van der Waals surface area contributed by atoms with E-state index in [0.29, 0.717) is 6.04 Å². The van der Waals surface area contributed by atoms with Crippen molar-refractivity contribution in [3.63, 3.8) is 0 Å². The third-order valence-corrected chi connectivity index (χ3v) is 6.41. The normalized spacial score (nSPS) is 23.2. The first-order chi connectivity index (χ1) is 12.1. The number of hydrogen-bond donors (Lipinski definition) is 1. The average molecular weight is 365 g/mol. The number of nitrogens with one attached hydrogen (secondary N) is 1. The van der Waals surface area contributed by atoms with Gasteiger partial charge in [0.25, 0.3) is 0 Å². The molecule has 2 fully saturated rings. The van der Waals surface area contributed by atoms with Crippen LogP contribution in [0.25, 0.3) is 0 Å². The Morgan fingerprint density at radius 1 is 1.36 bits per heavy atom. The lowest BCUT2D eigenvalue weighted by atomic mass is 9.92. The molecule has 0 aromatic carbocycles. The molecule has 1 N–H and O–H groups in total. The topological polar surface area (TPSA) is 40.1 Å². The van der Waals surface area contributed by atoms with Crippen LogP contribution in [0.4, 0.5) is 0 Å². The fourth-order valence-corrected chi connectivity index (χ4v) is 4.46. The van der Waals surface area contributed by atoms with Gasteiger partial charge in [0.2, 0.25) is 0 Å². The van der Waals surface area contributed by atoms with E-state index in [-0.39, 0.29) is 5.41 Å². The van der Waals surface area contributed by atoms with Gasteiger partial charge in [-0.15, -0.1) is 11.3 Å². The summed E-state index contributed by atoms with van der Waals surface area (Å²) in [7, 11) is 0. The van der Waals surface area contributed by atoms with Crippen molar-refractivity contribution in [2.75, 3.05) is 52.5 Å². The standard InChI is InChI=1S/C19H32N4OS/c1-4-20-18(21-15-19(2,3)17-6-5-13-25-17)23-8-7-16(14-23)22-9-11-24-12-10-22/h5-6,13,16H,4,7-12,14-15H2,1-3H3,(H,20,21). The van der Waals surface area contributed by atoms with Crippen LogP contribution in [0, 0.1) is 0 Å². The molecule has 0 radical (unpaired) electrons. The number of thiophene rings is 1. The van der Waals surface area contributed by atoms with Gasteiger partial charge in [-0.1, -0.05) is 19.9 Å². The lowest BCUT2D eigenvalue weighted by molar-refractivity contribution is 0.0195. The predicted octanol–water partition coefficient (Wildman–Crippen LogP) is 2.40. The highest BCUT2D eigenvalue weighted by Gasteiger charge is 2.30. The third-order valence-electron chi connectivity index (χ3n) is 5.17. The summed E-state index contributed by atoms with van der Waals surface area (Å²) in [6.45, 7) is 14.5. The minimum absolute atomic E-state index is 0.0815. The molecule has 1 aromatic rings. The number of aliphatic imine (C=N–C) groups is 1. The van der Waals surface area contributed by atoms with Crippen molar-refractivity contribution in [3.05, 3.63) is 22.4 Å². The van der Waals surface area contributed by atoms with Gasteiger partial charge in [0.05, 0.1) is 19.8 Å². The molecule has 0 amide bonds. The van der Waals surface area contributed by atoms with Gasteiger partial charge in [0, 0.05) is 49.1 Å². The number of nitrogens with zero attached hydrogens (tertiary/aromatic N) is 3. The molecular weight excluding hydrogens is 332 g/mol. The van der Waals surface area contributed by atoms with Crippen molar-refractivity contribution < 1.29 is 4.74 Å². The predicted molar refractivity (Wildman–Crippen MR) is 106 cm³/mol. The zero-order valence-corrected chi connectivity index (χ0v) is 16.6. The minimum atomic E-state index is 0.0815. The van der Waals surface area contributed by atoms with E-state index in [1.807, 2.05) is 11.3 Å². The van der Waals surface area contributed by atoms with Crippen molar-refractivity contribution in [3.8, 4) is 0 Å². The molecule has 1 unspecified atom stereocenters. The molecule has 1 aromatic heterocycles. The molecule has 3 rings (SSSR count). The summed E-state index contributed by atoms with van der Waals surface area (Å²) in [6, 6.07) is 4.99. The first kappa shape index (κ1) is 18.7. The summed E-state index contributed by atoms with van der Waals surface area (Å²) in [4.78, 5) is 11.4. The van der Waals surface area contributed by atoms with E-state index in [4.69, 9.17) is 9.73 Å². The molecule has 6 heteroatoms. The van der Waals surface area contributed by atoms with E-state index in [2.05, 4.69) is 53.4 Å². The quantitative estimate of drug-likeness (QED) is 0.643. The van der Waals surface area contributed by atoms with Crippen LogP contribution < -0.4 is 5.32 Å². The molecule has 0 saturated carbocycles. The number of ether oxygens (including phenoxy) is 1. The summed E-state index contributed by atoms with van der Waals surface area (Å²) in [5, 5.41) is 5.65. The van der Waals surface area contributed by atoms with Gasteiger partial charge < -0.3 is 15.0 Å². The number of hydrogen-bond acceptors (Lipinski definition) is 4. The minimum Gasteiger partial charge on any atom is -0.379 e. The van der Waals surface area contributed by atoms with Crippen LogP contribution in [0.5, 0.6) is 0 Å². The van der Waals surface area contributed by atoms with E-state index < -0.39 is 0 Å². The van der Waals surface area contributed by atoms with E-state index in [9.17, 15) is 0 Å². The van der Waals surface area contributed by atoms with Gasteiger partial charge in [-0.2, -0.15) is 0 Å². The zero-order chi connectivity index (χ0) is 17.7. The Balaban J connectivity index is 1.62. The lowest BCUT2D eigenvalue weighted by Crippen LogP contribution is -2.47. The van der Waals surface area contributed by atoms with Crippen LogP contribution in [-0.2, 0) is 10.2 Å². The van der Waals surface area contributed by atoms with Crippen LogP contribution in [-0.4, -0.2) is 74.3 Å². The molecular formula is C19H32N4OS. The maximum atomic E-state index is 5.49. The Morgan fingerprint density at radius 2 is 2.16 bits per heavy atom. The van der Waals surface area contributed by atoms with Crippen molar-refractivity contribution in [1.29, 1.82) is 0 Å². The maximum absolute atomic E-state index is 5.49. The maximum Gasteiger partial charge on any atom is 0.193 e. The average Bonchev–Trinajstić information content (AvgIpc) is 3.31. The fourth-order valence-electron chi connectivity index (χ4n) is 3.61. The number of guanidine groups is 1. The van der Waals surface area contributed by atoms with E-state index in [0.717, 1.165) is 58.4 Å². The Kier molecular flexibility index (Phi) is 6.36. The van der Waals surface area contributed by atoms with E-state index in [1.165, 1.54) is 11.3 Å². The number of rotatable bonds is 5. The van der Waals surface area contributed by atoms with Crippen molar-refractivity contribution in [1.82, 2.24) is 15.1 Å². The van der Waals surface area contributed by atoms with E-state index in [1.54, 1.807) is 0 Å². The molecule has 0 spiro atoms.